The Morgan fingerprint density at radius 1 is 1.10 bits per heavy atom. The summed E-state index contributed by atoms with van der Waals surface area (Å²) in [5.74, 6) is 0.397. The van der Waals surface area contributed by atoms with Gasteiger partial charge in [-0.3, -0.25) is 9.79 Å². The van der Waals surface area contributed by atoms with Gasteiger partial charge in [0.2, 0.25) is 0 Å². The molecule has 1 aromatic heterocycles. The minimum Gasteiger partial charge on any atom is -0.330 e. The maximum absolute atomic E-state index is 13.8. The molecule has 2 aliphatic rings. The number of hydrogen-bond donors (Lipinski definition) is 0. The largest absolute Gasteiger partial charge is 0.330 e. The van der Waals surface area contributed by atoms with Crippen molar-refractivity contribution in [1.29, 1.82) is 0 Å². The van der Waals surface area contributed by atoms with Crippen LogP contribution in [0.4, 0.5) is 5.69 Å². The number of rotatable bonds is 3. The van der Waals surface area contributed by atoms with Crippen LogP contribution in [0.25, 0.3) is 5.69 Å². The zero-order valence-corrected chi connectivity index (χ0v) is 17.5. The van der Waals surface area contributed by atoms with E-state index in [1.165, 1.54) is 15.9 Å². The molecular formula is C24H25N5O. The third-order valence-electron chi connectivity index (χ3n) is 6.33. The second-order valence-electron chi connectivity index (χ2n) is 8.40. The van der Waals surface area contributed by atoms with Gasteiger partial charge in [0.05, 0.1) is 35.4 Å². The molecule has 3 aromatic rings. The number of nitrogens with zero attached hydrogens (tertiary/aromatic N) is 5. The van der Waals surface area contributed by atoms with Gasteiger partial charge in [-0.05, 0) is 55.5 Å². The van der Waals surface area contributed by atoms with Crippen LogP contribution in [0.5, 0.6) is 0 Å². The summed E-state index contributed by atoms with van der Waals surface area (Å²) in [5.41, 5.74) is 7.09. The molecule has 0 aliphatic carbocycles. The molecule has 1 saturated heterocycles. The van der Waals surface area contributed by atoms with Gasteiger partial charge in [-0.25, -0.2) is 0 Å². The zero-order valence-electron chi connectivity index (χ0n) is 17.5. The average Bonchev–Trinajstić information content (AvgIpc) is 3.47. The Hall–Kier alpha value is -3.28. The first-order valence-electron chi connectivity index (χ1n) is 10.5. The SMILES string of the molecule is Cc1ccc(-n2nccn2)c(C(=O)N2CC[C@H](C)[C@H]2C2=Nc3cccc(C)c3C2)c1. The highest BCUT2D eigenvalue weighted by molar-refractivity contribution is 6.04. The second kappa shape index (κ2) is 7.20. The van der Waals surface area contributed by atoms with Crippen molar-refractivity contribution in [1.82, 2.24) is 19.9 Å². The molecule has 2 aromatic carbocycles. The number of amides is 1. The maximum Gasteiger partial charge on any atom is 0.256 e. The first kappa shape index (κ1) is 18.7. The summed E-state index contributed by atoms with van der Waals surface area (Å²) in [4.78, 5) is 22.3. The van der Waals surface area contributed by atoms with Crippen LogP contribution >= 0.6 is 0 Å². The van der Waals surface area contributed by atoms with Crippen LogP contribution in [0, 0.1) is 19.8 Å². The highest BCUT2D eigenvalue weighted by atomic mass is 16.2. The molecule has 3 heterocycles. The van der Waals surface area contributed by atoms with Gasteiger partial charge in [0.25, 0.3) is 5.91 Å². The third kappa shape index (κ3) is 3.03. The lowest BCUT2D eigenvalue weighted by atomic mass is 9.94. The van der Waals surface area contributed by atoms with E-state index in [-0.39, 0.29) is 11.9 Å². The van der Waals surface area contributed by atoms with Gasteiger partial charge >= 0.3 is 0 Å². The van der Waals surface area contributed by atoms with Crippen molar-refractivity contribution in [3.63, 3.8) is 0 Å². The van der Waals surface area contributed by atoms with E-state index < -0.39 is 0 Å². The monoisotopic (exact) mass is 399 g/mol. The zero-order chi connectivity index (χ0) is 20.8. The predicted molar refractivity (Wildman–Crippen MR) is 117 cm³/mol. The molecule has 152 valence electrons. The Labute approximate surface area is 176 Å². The van der Waals surface area contributed by atoms with E-state index >= 15 is 0 Å². The third-order valence-corrected chi connectivity index (χ3v) is 6.33. The van der Waals surface area contributed by atoms with Crippen molar-refractivity contribution >= 4 is 17.3 Å². The van der Waals surface area contributed by atoms with Gasteiger partial charge in [-0.15, -0.1) is 0 Å². The van der Waals surface area contributed by atoms with E-state index in [4.69, 9.17) is 4.99 Å². The first-order valence-corrected chi connectivity index (χ1v) is 10.5. The smallest absolute Gasteiger partial charge is 0.256 e. The van der Waals surface area contributed by atoms with Gasteiger partial charge in [0.1, 0.15) is 0 Å². The number of aryl methyl sites for hydroxylation is 2. The minimum atomic E-state index is 0.0169. The topological polar surface area (TPSA) is 63.4 Å². The lowest BCUT2D eigenvalue weighted by Crippen LogP contribution is -2.43. The fraction of sp³-hybridized carbons (Fsp3) is 0.333. The first-order chi connectivity index (χ1) is 14.5. The lowest BCUT2D eigenvalue weighted by molar-refractivity contribution is 0.0760. The molecule has 0 N–H and O–H groups in total. The van der Waals surface area contributed by atoms with Gasteiger partial charge in [-0.2, -0.15) is 15.0 Å². The fourth-order valence-electron chi connectivity index (χ4n) is 4.74. The molecule has 5 rings (SSSR count). The molecule has 2 aliphatic heterocycles. The number of benzene rings is 2. The van der Waals surface area contributed by atoms with Crippen LogP contribution in [0.15, 0.2) is 53.8 Å². The number of carbonyl (C=O) groups excluding carboxylic acids is 1. The molecular weight excluding hydrogens is 374 g/mol. The number of likely N-dealkylation sites (tertiary alicyclic amines) is 1. The van der Waals surface area contributed by atoms with Gasteiger partial charge in [0, 0.05) is 18.7 Å². The van der Waals surface area contributed by atoms with Crippen molar-refractivity contribution in [2.75, 3.05) is 6.54 Å². The van der Waals surface area contributed by atoms with Crippen LogP contribution in [0.2, 0.25) is 0 Å². The van der Waals surface area contributed by atoms with Crippen molar-refractivity contribution in [2.45, 2.75) is 39.7 Å². The highest BCUT2D eigenvalue weighted by Crippen LogP contribution is 2.36. The quantitative estimate of drug-likeness (QED) is 0.667. The van der Waals surface area contributed by atoms with Crippen molar-refractivity contribution in [3.05, 3.63) is 71.0 Å². The van der Waals surface area contributed by atoms with E-state index in [0.717, 1.165) is 36.3 Å². The van der Waals surface area contributed by atoms with Gasteiger partial charge < -0.3 is 4.90 Å². The summed E-state index contributed by atoms with van der Waals surface area (Å²) in [7, 11) is 0. The number of hydrogen-bond acceptors (Lipinski definition) is 4. The molecule has 6 heteroatoms. The van der Waals surface area contributed by atoms with Gasteiger partial charge in [-0.1, -0.05) is 30.7 Å². The van der Waals surface area contributed by atoms with Crippen LogP contribution < -0.4 is 0 Å². The number of aliphatic imine (C=N–C) groups is 1. The molecule has 30 heavy (non-hydrogen) atoms. The lowest BCUT2D eigenvalue weighted by Gasteiger charge is -2.28. The van der Waals surface area contributed by atoms with E-state index in [9.17, 15) is 4.79 Å². The van der Waals surface area contributed by atoms with E-state index in [0.29, 0.717) is 17.2 Å². The summed E-state index contributed by atoms with van der Waals surface area (Å²) in [6, 6.07) is 12.1. The Bertz CT molecular complexity index is 1150. The standard InChI is InChI=1S/C24H25N5O/c1-15-7-8-22(29-25-10-11-26-29)19(13-15)24(30)28-12-9-17(3)23(28)21-14-18-16(2)5-4-6-20(18)27-21/h4-8,10-11,13,17,23H,9,12,14H2,1-3H3/t17-,23-/m0/s1. The van der Waals surface area contributed by atoms with Crippen LogP contribution in [0.1, 0.15) is 40.4 Å². The van der Waals surface area contributed by atoms with Crippen molar-refractivity contribution in [3.8, 4) is 5.69 Å². The number of carbonyl (C=O) groups is 1. The Morgan fingerprint density at radius 2 is 1.90 bits per heavy atom. The molecule has 0 radical (unpaired) electrons. The summed E-state index contributed by atoms with van der Waals surface area (Å²) < 4.78 is 0. The van der Waals surface area contributed by atoms with Crippen molar-refractivity contribution < 1.29 is 4.79 Å². The molecule has 0 unspecified atom stereocenters. The van der Waals surface area contributed by atoms with Crippen LogP contribution in [0.3, 0.4) is 0 Å². The molecule has 0 spiro atoms. The summed E-state index contributed by atoms with van der Waals surface area (Å²) >= 11 is 0. The average molecular weight is 399 g/mol. The molecule has 6 nitrogen and oxygen atoms in total. The maximum atomic E-state index is 13.8. The van der Waals surface area contributed by atoms with Crippen LogP contribution in [-0.2, 0) is 6.42 Å². The molecule has 1 fully saturated rings. The Balaban J connectivity index is 1.51. The summed E-state index contributed by atoms with van der Waals surface area (Å²) in [5, 5.41) is 8.49. The molecule has 0 saturated carbocycles. The number of aromatic nitrogens is 3. The predicted octanol–water partition coefficient (Wildman–Crippen LogP) is 4.06. The Morgan fingerprint density at radius 3 is 2.67 bits per heavy atom. The van der Waals surface area contributed by atoms with E-state index in [2.05, 4.69) is 42.2 Å². The van der Waals surface area contributed by atoms with Crippen molar-refractivity contribution in [2.24, 2.45) is 10.9 Å². The minimum absolute atomic E-state index is 0.0169. The Kier molecular flexibility index (Phi) is 4.50. The molecule has 1 amide bonds. The summed E-state index contributed by atoms with van der Waals surface area (Å²) in [6.45, 7) is 7.09. The number of fused-ring (bicyclic) bond motifs is 1. The fourth-order valence-corrected chi connectivity index (χ4v) is 4.74. The highest BCUT2D eigenvalue weighted by Gasteiger charge is 2.40. The normalized spacial score (nSPS) is 20.4. The van der Waals surface area contributed by atoms with E-state index in [1.807, 2.05) is 30.0 Å². The summed E-state index contributed by atoms with van der Waals surface area (Å²) in [6.07, 6.45) is 5.05. The van der Waals surface area contributed by atoms with Crippen LogP contribution in [-0.4, -0.2) is 44.1 Å². The van der Waals surface area contributed by atoms with E-state index in [1.54, 1.807) is 12.4 Å². The van der Waals surface area contributed by atoms with Gasteiger partial charge in [0.15, 0.2) is 0 Å². The molecule has 2 atom stereocenters. The molecule has 0 bridgehead atoms. The second-order valence-corrected chi connectivity index (χ2v) is 8.40.